The van der Waals surface area contributed by atoms with Crippen molar-refractivity contribution in [3.05, 3.63) is 5.75 Å². The summed E-state index contributed by atoms with van der Waals surface area (Å²) >= 11 is 3.85. The van der Waals surface area contributed by atoms with Crippen LogP contribution in [-0.2, 0) is 0 Å². The topological polar surface area (TPSA) is 26.0 Å². The number of rotatable bonds is 2. The van der Waals surface area contributed by atoms with Gasteiger partial charge in [-0.3, -0.25) is 5.75 Å². The molecule has 0 fully saturated rings. The second kappa shape index (κ2) is 3.50. The molecule has 0 aromatic carbocycles. The zero-order valence-corrected chi connectivity index (χ0v) is 4.78. The highest BCUT2D eigenvalue weighted by atomic mass is 32.1. The molecule has 0 amide bonds. The molecule has 1 unspecified atom stereocenters. The molecule has 0 saturated carbocycles. The smallest absolute Gasteiger partial charge is 0.0664 e. The van der Waals surface area contributed by atoms with Gasteiger partial charge >= 0.3 is 0 Å². The Morgan fingerprint density at radius 2 is 2.50 bits per heavy atom. The molecule has 38 valence electrons. The lowest BCUT2D eigenvalue weighted by Crippen LogP contribution is -2.15. The van der Waals surface area contributed by atoms with Crippen LogP contribution in [0.15, 0.2) is 0 Å². The van der Waals surface area contributed by atoms with Gasteiger partial charge in [-0.05, 0) is 0 Å². The Labute approximate surface area is 44.3 Å². The van der Waals surface area contributed by atoms with Crippen molar-refractivity contribution in [3.63, 3.8) is 0 Å². The Hall–Kier alpha value is 0.310. The second-order valence-electron chi connectivity index (χ2n) is 1.22. The summed E-state index contributed by atoms with van der Waals surface area (Å²) in [6.07, 6.45) is 0.976. The molecule has 6 heavy (non-hydrogen) atoms. The first-order chi connectivity index (χ1) is 2.81. The summed E-state index contributed by atoms with van der Waals surface area (Å²) < 4.78 is 0. The van der Waals surface area contributed by atoms with Gasteiger partial charge in [-0.2, -0.15) is 0 Å². The molecular formula is C4H10NS-. The van der Waals surface area contributed by atoms with Gasteiger partial charge in [0.2, 0.25) is 0 Å². The molecule has 0 aliphatic carbocycles. The van der Waals surface area contributed by atoms with Gasteiger partial charge < -0.3 is 18.4 Å². The average Bonchev–Trinajstić information content (AvgIpc) is 1.65. The molecule has 0 aromatic rings. The third kappa shape index (κ3) is 2.54. The van der Waals surface area contributed by atoms with Crippen molar-refractivity contribution in [2.75, 3.05) is 0 Å². The third-order valence-electron chi connectivity index (χ3n) is 0.663. The van der Waals surface area contributed by atoms with Crippen LogP contribution >= 0.6 is 12.6 Å². The predicted octanol–water partition coefficient (Wildman–Crippen LogP) is 0.815. The van der Waals surface area contributed by atoms with Crippen LogP contribution in [0.2, 0.25) is 0 Å². The highest BCUT2D eigenvalue weighted by molar-refractivity contribution is 7.82. The molecule has 0 saturated heterocycles. The first-order valence-electron chi connectivity index (χ1n) is 2.04. The van der Waals surface area contributed by atoms with Crippen molar-refractivity contribution in [3.8, 4) is 0 Å². The molecule has 0 rings (SSSR count). The molecule has 0 radical (unpaired) electrons. The largest absolute Gasteiger partial charge is 0.368 e. The van der Waals surface area contributed by atoms with Gasteiger partial charge in [0.15, 0.2) is 0 Å². The van der Waals surface area contributed by atoms with E-state index in [1.54, 1.807) is 5.75 Å². The van der Waals surface area contributed by atoms with E-state index in [1.165, 1.54) is 0 Å². The molecule has 1 nitrogen and oxygen atoms in total. The van der Waals surface area contributed by atoms with Gasteiger partial charge in [0, 0.05) is 0 Å². The van der Waals surface area contributed by atoms with Crippen molar-refractivity contribution < 1.29 is 0 Å². The van der Waals surface area contributed by atoms with E-state index in [2.05, 4.69) is 12.6 Å². The first kappa shape index (κ1) is 6.31. The van der Waals surface area contributed by atoms with E-state index >= 15 is 0 Å². The Morgan fingerprint density at radius 1 is 2.00 bits per heavy atom. The van der Waals surface area contributed by atoms with E-state index in [-0.39, 0.29) is 6.04 Å². The number of hydrogen-bond acceptors (Lipinski definition) is 2. The Balaban J connectivity index is 2.75. The van der Waals surface area contributed by atoms with Crippen LogP contribution in [0.4, 0.5) is 0 Å². The number of hydrogen-bond donors (Lipinski definition) is 2. The molecule has 0 bridgehead atoms. The molecule has 2 N–H and O–H groups in total. The standard InChI is InChI=1S/C4H10NS/c1-2-4(5)3-6/h3-4,6H,2,5H2,1H3/q-1. The molecule has 0 aliphatic heterocycles. The van der Waals surface area contributed by atoms with E-state index in [9.17, 15) is 0 Å². The molecule has 2 heteroatoms. The maximum absolute atomic E-state index is 5.34. The fraction of sp³-hybridized carbons (Fsp3) is 0.750. The van der Waals surface area contributed by atoms with Gasteiger partial charge in [0.1, 0.15) is 0 Å². The predicted molar refractivity (Wildman–Crippen MR) is 31.6 cm³/mol. The molecule has 0 aromatic heterocycles. The minimum absolute atomic E-state index is 0.174. The van der Waals surface area contributed by atoms with Crippen LogP contribution in [0.3, 0.4) is 0 Å². The summed E-state index contributed by atoms with van der Waals surface area (Å²) in [5, 5.41) is 0. The fourth-order valence-electron chi connectivity index (χ4n) is 0.105. The molecular weight excluding hydrogens is 94.1 g/mol. The van der Waals surface area contributed by atoms with Crippen LogP contribution in [0.1, 0.15) is 13.3 Å². The summed E-state index contributed by atoms with van der Waals surface area (Å²) in [7, 11) is 0. The average molecular weight is 104 g/mol. The van der Waals surface area contributed by atoms with Crippen molar-refractivity contribution in [2.24, 2.45) is 5.73 Å². The first-order valence-corrected chi connectivity index (χ1v) is 2.56. The Morgan fingerprint density at radius 3 is 2.50 bits per heavy atom. The molecule has 1 atom stereocenters. The Bertz CT molecular complexity index is 26.7. The summed E-state index contributed by atoms with van der Waals surface area (Å²) in [5.41, 5.74) is 5.34. The van der Waals surface area contributed by atoms with E-state index in [0.29, 0.717) is 0 Å². The lowest BCUT2D eigenvalue weighted by atomic mass is 10.3. The zero-order valence-electron chi connectivity index (χ0n) is 3.89. The number of thiol groups is 1. The van der Waals surface area contributed by atoms with Crippen molar-refractivity contribution >= 4 is 12.6 Å². The lowest BCUT2D eigenvalue weighted by Gasteiger charge is -2.11. The van der Waals surface area contributed by atoms with Gasteiger partial charge in [-0.25, -0.2) is 0 Å². The van der Waals surface area contributed by atoms with Crippen LogP contribution in [0.25, 0.3) is 0 Å². The van der Waals surface area contributed by atoms with E-state index in [4.69, 9.17) is 5.73 Å². The van der Waals surface area contributed by atoms with Gasteiger partial charge in [-0.15, -0.1) is 6.04 Å². The highest BCUT2D eigenvalue weighted by Crippen LogP contribution is 1.92. The lowest BCUT2D eigenvalue weighted by molar-refractivity contribution is 0.769. The molecule has 0 aliphatic rings. The maximum Gasteiger partial charge on any atom is -0.0664 e. The van der Waals surface area contributed by atoms with E-state index in [0.717, 1.165) is 6.42 Å². The summed E-state index contributed by atoms with van der Waals surface area (Å²) in [4.78, 5) is 0. The van der Waals surface area contributed by atoms with Gasteiger partial charge in [-0.1, -0.05) is 13.3 Å². The van der Waals surface area contributed by atoms with Crippen LogP contribution in [0.5, 0.6) is 0 Å². The minimum atomic E-state index is 0.174. The normalized spacial score (nSPS) is 14.5. The van der Waals surface area contributed by atoms with Crippen LogP contribution in [-0.4, -0.2) is 6.04 Å². The molecule has 0 spiro atoms. The summed E-state index contributed by atoms with van der Waals surface area (Å²) in [6, 6.07) is 0.174. The highest BCUT2D eigenvalue weighted by Gasteiger charge is 1.77. The Kier molecular flexibility index (Phi) is 3.68. The van der Waals surface area contributed by atoms with Crippen molar-refractivity contribution in [2.45, 2.75) is 19.4 Å². The monoisotopic (exact) mass is 104 g/mol. The summed E-state index contributed by atoms with van der Waals surface area (Å²) in [6.45, 7) is 2.03. The maximum atomic E-state index is 5.34. The van der Waals surface area contributed by atoms with Gasteiger partial charge in [0.25, 0.3) is 0 Å². The van der Waals surface area contributed by atoms with Gasteiger partial charge in [0.05, 0.1) is 0 Å². The third-order valence-corrected chi connectivity index (χ3v) is 1.05. The molecule has 0 heterocycles. The zero-order chi connectivity index (χ0) is 4.99. The fourth-order valence-corrected chi connectivity index (χ4v) is 0.316. The van der Waals surface area contributed by atoms with Crippen molar-refractivity contribution in [1.29, 1.82) is 0 Å². The van der Waals surface area contributed by atoms with Crippen LogP contribution < -0.4 is 5.73 Å². The van der Waals surface area contributed by atoms with Crippen LogP contribution in [0, 0.1) is 5.75 Å². The minimum Gasteiger partial charge on any atom is -0.368 e. The summed E-state index contributed by atoms with van der Waals surface area (Å²) in [5.74, 6) is 1.69. The SMILES string of the molecule is CCC(N)[CH-]S. The second-order valence-corrected chi connectivity index (χ2v) is 1.52. The van der Waals surface area contributed by atoms with E-state index < -0.39 is 0 Å². The quantitative estimate of drug-likeness (QED) is 0.393. The van der Waals surface area contributed by atoms with E-state index in [1.807, 2.05) is 6.92 Å². The van der Waals surface area contributed by atoms with Crippen molar-refractivity contribution in [1.82, 2.24) is 0 Å². The number of nitrogens with two attached hydrogens (primary N) is 1.